The van der Waals surface area contributed by atoms with Gasteiger partial charge in [0.05, 0.1) is 11.4 Å². The standard InChI is InChI=1S/C69H74N2O2/c1-41-30-63(70-39-44(41)4)52-32-57(48-15-11-10-12-16-48)46(6)65(33-52)72-53-34-60-59-31-51-20-19-49-17-13-14-18-55(49)58(51)37-66(59)73-67(60)61(35-53)64-36-56(45(5)40-71-64)54-25-28-69(9,38-43(54)3)62-22-21-50(29-42(62)2)47-23-26-68(7,8)27-24-47/h10-20,30-37,39-40,42-43,47,50,54,62H,21-29,38H2,1-9H3/i1D3,4D3,6D3,47D. The molecule has 3 aliphatic rings. The van der Waals surface area contributed by atoms with Crippen LogP contribution in [0.4, 0.5) is 0 Å². The zero-order valence-corrected chi connectivity index (χ0v) is 43.3. The highest BCUT2D eigenvalue weighted by molar-refractivity contribution is 6.17. The maximum atomic E-state index is 9.66. The second-order valence-electron chi connectivity index (χ2n) is 23.6. The van der Waals surface area contributed by atoms with Crippen LogP contribution >= 0.6 is 0 Å². The summed E-state index contributed by atoms with van der Waals surface area (Å²) >= 11 is 0. The van der Waals surface area contributed by atoms with Crippen LogP contribution in [0.3, 0.4) is 0 Å². The van der Waals surface area contributed by atoms with Gasteiger partial charge in [-0.3, -0.25) is 9.97 Å². The lowest BCUT2D eigenvalue weighted by molar-refractivity contribution is -0.00567. The van der Waals surface area contributed by atoms with Gasteiger partial charge in [0.1, 0.15) is 22.7 Å². The quantitative estimate of drug-likeness (QED) is 0.142. The average Bonchev–Trinajstić information content (AvgIpc) is 2.06. The largest absolute Gasteiger partial charge is 0.457 e. The van der Waals surface area contributed by atoms with Crippen molar-refractivity contribution >= 4 is 43.5 Å². The first-order chi connectivity index (χ1) is 39.2. The van der Waals surface area contributed by atoms with Gasteiger partial charge in [-0.05, 0) is 247 Å². The molecule has 0 aliphatic heterocycles. The molecule has 3 aliphatic carbocycles. The molecule has 73 heavy (non-hydrogen) atoms. The molecule has 6 aromatic carbocycles. The molecular weight excluding hydrogens is 889 g/mol. The molecule has 12 rings (SSSR count). The molecule has 4 heteroatoms. The molecule has 372 valence electrons. The van der Waals surface area contributed by atoms with E-state index in [1.54, 1.807) is 24.3 Å². The van der Waals surface area contributed by atoms with E-state index in [9.17, 15) is 1.37 Å². The van der Waals surface area contributed by atoms with Gasteiger partial charge in [0, 0.05) is 48.0 Å². The Bertz CT molecular complexity index is 3960. The number of hydrogen-bond acceptors (Lipinski definition) is 4. The third-order valence-corrected chi connectivity index (χ3v) is 18.2. The van der Waals surface area contributed by atoms with E-state index in [2.05, 4.69) is 89.0 Å². The van der Waals surface area contributed by atoms with Crippen LogP contribution < -0.4 is 4.74 Å². The summed E-state index contributed by atoms with van der Waals surface area (Å²) in [5.74, 6) is 2.40. The molecule has 0 N–H and O–H groups in total. The van der Waals surface area contributed by atoms with Gasteiger partial charge in [-0.1, -0.05) is 101 Å². The summed E-state index contributed by atoms with van der Waals surface area (Å²) < 4.78 is 100. The fraction of sp³-hybridized carbons (Fsp3) is 0.391. The van der Waals surface area contributed by atoms with E-state index in [0.29, 0.717) is 73.9 Å². The van der Waals surface area contributed by atoms with Gasteiger partial charge in [0.2, 0.25) is 0 Å². The minimum atomic E-state index is -2.80. The number of hydrogen-bond donors (Lipinski definition) is 0. The number of rotatable bonds is 8. The van der Waals surface area contributed by atoms with E-state index < -0.39 is 20.6 Å². The first kappa shape index (κ1) is 37.5. The first-order valence-corrected chi connectivity index (χ1v) is 26.9. The number of aryl methyl sites for hydroxylation is 3. The highest BCUT2D eigenvalue weighted by atomic mass is 16.5. The maximum absolute atomic E-state index is 9.66. The predicted octanol–water partition coefficient (Wildman–Crippen LogP) is 19.9. The van der Waals surface area contributed by atoms with Crippen LogP contribution in [-0.4, -0.2) is 9.97 Å². The van der Waals surface area contributed by atoms with Crippen molar-refractivity contribution in [1.29, 1.82) is 0 Å². The van der Waals surface area contributed by atoms with E-state index >= 15 is 0 Å². The van der Waals surface area contributed by atoms with Gasteiger partial charge in [-0.15, -0.1) is 0 Å². The molecule has 4 nitrogen and oxygen atoms in total. The van der Waals surface area contributed by atoms with E-state index in [0.717, 1.165) is 102 Å². The van der Waals surface area contributed by atoms with Crippen molar-refractivity contribution in [3.05, 3.63) is 155 Å². The van der Waals surface area contributed by atoms with E-state index in [-0.39, 0.29) is 45.4 Å². The Labute approximate surface area is 448 Å². The zero-order valence-electron chi connectivity index (χ0n) is 53.3. The Morgan fingerprint density at radius 2 is 1.41 bits per heavy atom. The summed E-state index contributed by atoms with van der Waals surface area (Å²) in [6, 6.07) is 36.3. The fourth-order valence-corrected chi connectivity index (χ4v) is 14.1. The number of nitrogens with zero attached hydrogens (tertiary/aromatic N) is 2. The first-order valence-electron chi connectivity index (χ1n) is 31.9. The molecule has 3 saturated carbocycles. The topological polar surface area (TPSA) is 48.2 Å². The highest BCUT2D eigenvalue weighted by Crippen LogP contribution is 2.57. The van der Waals surface area contributed by atoms with Gasteiger partial charge in [-0.2, -0.15) is 0 Å². The van der Waals surface area contributed by atoms with Crippen LogP contribution in [0.25, 0.3) is 77.1 Å². The molecule has 3 fully saturated rings. The third kappa shape index (κ3) is 8.85. The molecule has 0 amide bonds. The smallest absolute Gasteiger partial charge is 0.145 e. The van der Waals surface area contributed by atoms with Gasteiger partial charge < -0.3 is 9.15 Å². The highest BCUT2D eigenvalue weighted by Gasteiger charge is 2.46. The van der Waals surface area contributed by atoms with E-state index in [1.807, 2.05) is 48.7 Å². The summed E-state index contributed by atoms with van der Waals surface area (Å²) in [5.41, 5.74) is 6.13. The fourth-order valence-electron chi connectivity index (χ4n) is 14.1. The number of pyridine rings is 2. The summed E-state index contributed by atoms with van der Waals surface area (Å²) in [6.45, 7) is 6.11. The zero-order chi connectivity index (χ0) is 58.8. The van der Waals surface area contributed by atoms with Crippen molar-refractivity contribution in [2.45, 2.75) is 132 Å². The van der Waals surface area contributed by atoms with E-state index in [1.165, 1.54) is 18.1 Å². The van der Waals surface area contributed by atoms with Crippen LogP contribution in [-0.2, 0) is 0 Å². The Morgan fingerprint density at radius 1 is 0.630 bits per heavy atom. The van der Waals surface area contributed by atoms with Crippen LogP contribution in [0.2, 0.25) is 0 Å². The second kappa shape index (κ2) is 18.6. The van der Waals surface area contributed by atoms with Crippen molar-refractivity contribution in [3.8, 4) is 45.1 Å². The molecule has 0 radical (unpaired) electrons. The predicted molar refractivity (Wildman–Crippen MR) is 306 cm³/mol. The Kier molecular flexibility index (Phi) is 9.54. The lowest BCUT2D eigenvalue weighted by Gasteiger charge is -2.52. The minimum Gasteiger partial charge on any atom is -0.457 e. The lowest BCUT2D eigenvalue weighted by Crippen LogP contribution is -2.42. The number of ether oxygens (including phenoxy) is 1. The Morgan fingerprint density at radius 3 is 2.21 bits per heavy atom. The SMILES string of the molecule is [2H]C([2H])([2H])c1cnc(-c2cc(Oc3cc(-c4cc(C5CCC(C)(C6CCC(C7([2H])CCC(C)(C)CC7)CC6C)CC5C)c(C)cn4)c4oc5cc6c(ccc7ccccc76)cc5c4c3)c(C([2H])([2H])[2H])c(-c3ccccc3)c2)cc1C([2H])([2H])[2H]. The van der Waals surface area contributed by atoms with Crippen LogP contribution in [0.5, 0.6) is 11.5 Å². The van der Waals surface area contributed by atoms with Crippen molar-refractivity contribution < 1.29 is 22.9 Å². The molecule has 3 aromatic heterocycles. The van der Waals surface area contributed by atoms with Crippen molar-refractivity contribution in [2.75, 3.05) is 0 Å². The van der Waals surface area contributed by atoms with Gasteiger partial charge >= 0.3 is 0 Å². The maximum Gasteiger partial charge on any atom is 0.145 e. The summed E-state index contributed by atoms with van der Waals surface area (Å²) in [7, 11) is 0. The van der Waals surface area contributed by atoms with E-state index in [4.69, 9.17) is 26.5 Å². The van der Waals surface area contributed by atoms with Crippen LogP contribution in [0.15, 0.2) is 132 Å². The molecule has 0 bridgehead atoms. The van der Waals surface area contributed by atoms with Crippen molar-refractivity contribution in [1.82, 2.24) is 9.97 Å². The molecule has 6 atom stereocenters. The van der Waals surface area contributed by atoms with Crippen molar-refractivity contribution in [3.63, 3.8) is 0 Å². The average molecular weight is 973 g/mol. The Hall–Kier alpha value is -6.26. The molecule has 9 aromatic rings. The lowest BCUT2D eigenvalue weighted by atomic mass is 9.53. The molecule has 3 heterocycles. The Balaban J connectivity index is 0.965. The molecule has 0 spiro atoms. The number of furan rings is 1. The van der Waals surface area contributed by atoms with Crippen LogP contribution in [0.1, 0.15) is 146 Å². The van der Waals surface area contributed by atoms with Crippen LogP contribution in [0, 0.1) is 67.9 Å². The normalized spacial score (nSPS) is 26.6. The number of fused-ring (bicyclic) bond motifs is 6. The van der Waals surface area contributed by atoms with Gasteiger partial charge in [0.15, 0.2) is 0 Å². The molecule has 6 unspecified atom stereocenters. The van der Waals surface area contributed by atoms with Crippen molar-refractivity contribution in [2.24, 2.45) is 40.4 Å². The van der Waals surface area contributed by atoms with Gasteiger partial charge in [0.25, 0.3) is 0 Å². The number of aromatic nitrogens is 2. The number of benzene rings is 6. The third-order valence-electron chi connectivity index (χ3n) is 18.2. The second-order valence-corrected chi connectivity index (χ2v) is 23.6. The monoisotopic (exact) mass is 973 g/mol. The molecular formula is C69H74N2O2. The minimum absolute atomic E-state index is 0.00910. The summed E-state index contributed by atoms with van der Waals surface area (Å²) in [4.78, 5) is 9.68. The summed E-state index contributed by atoms with van der Waals surface area (Å²) in [5, 5.41) is 5.88. The molecule has 0 saturated heterocycles. The van der Waals surface area contributed by atoms with Gasteiger partial charge in [-0.25, -0.2) is 0 Å². The summed E-state index contributed by atoms with van der Waals surface area (Å²) in [6.07, 6.45) is 14.2.